The van der Waals surface area contributed by atoms with Crippen LogP contribution in [0, 0.1) is 0 Å². The van der Waals surface area contributed by atoms with Gasteiger partial charge in [0.15, 0.2) is 0 Å². The van der Waals surface area contributed by atoms with Crippen molar-refractivity contribution >= 4 is 11.9 Å². The van der Waals surface area contributed by atoms with E-state index >= 15 is 0 Å². The number of ether oxygens (including phenoxy) is 1. The van der Waals surface area contributed by atoms with E-state index in [0.29, 0.717) is 26.1 Å². The molecule has 112 valence electrons. The smallest absolute Gasteiger partial charge is 0.303 e. The molecule has 1 rings (SSSR count). The largest absolute Gasteiger partial charge is 0.481 e. The predicted octanol–water partition coefficient (Wildman–Crippen LogP) is 0.728. The number of nitrogens with one attached hydrogen (secondary N) is 2. The first-order valence-corrected chi connectivity index (χ1v) is 6.68. The first kappa shape index (κ1) is 16.2. The molecule has 0 saturated carbocycles. The van der Waals surface area contributed by atoms with Crippen molar-refractivity contribution in [3.63, 3.8) is 0 Å². The Balaban J connectivity index is 2.38. The zero-order valence-corrected chi connectivity index (χ0v) is 11.6. The van der Waals surface area contributed by atoms with E-state index in [1.54, 1.807) is 12.5 Å². The number of imidazole rings is 1. The number of carbonyl (C=O) groups is 2. The zero-order chi connectivity index (χ0) is 14.8. The molecule has 7 nitrogen and oxygen atoms in total. The summed E-state index contributed by atoms with van der Waals surface area (Å²) in [6.07, 6.45) is 4.44. The minimum atomic E-state index is -0.888. The molecule has 0 spiro atoms. The van der Waals surface area contributed by atoms with Gasteiger partial charge < -0.3 is 20.1 Å². The summed E-state index contributed by atoms with van der Waals surface area (Å²) in [5, 5.41) is 11.4. The molecule has 3 N–H and O–H groups in total. The van der Waals surface area contributed by atoms with Crippen LogP contribution in [0.5, 0.6) is 0 Å². The van der Waals surface area contributed by atoms with Crippen LogP contribution in [0.2, 0.25) is 0 Å². The van der Waals surface area contributed by atoms with Crippen LogP contribution in [0.15, 0.2) is 12.5 Å². The standard InChI is InChI=1S/C13H21N3O4/c1-2-20-8-11(6-10-7-14-9-15-10)16-12(17)4-3-5-13(18)19/h7,9,11H,2-6,8H2,1H3,(H,14,15)(H,16,17)(H,18,19). The molecule has 1 amide bonds. The highest BCUT2D eigenvalue weighted by Crippen LogP contribution is 2.02. The van der Waals surface area contributed by atoms with E-state index in [-0.39, 0.29) is 24.8 Å². The molecule has 1 unspecified atom stereocenters. The normalized spacial score (nSPS) is 12.1. The number of hydrogen-bond donors (Lipinski definition) is 3. The Morgan fingerprint density at radius 2 is 2.30 bits per heavy atom. The van der Waals surface area contributed by atoms with Crippen LogP contribution >= 0.6 is 0 Å². The van der Waals surface area contributed by atoms with Gasteiger partial charge in [-0.3, -0.25) is 9.59 Å². The summed E-state index contributed by atoms with van der Waals surface area (Å²) < 4.78 is 5.34. The summed E-state index contributed by atoms with van der Waals surface area (Å²) in [6, 6.07) is -0.146. The Bertz CT molecular complexity index is 406. The van der Waals surface area contributed by atoms with Crippen LogP contribution in [0.3, 0.4) is 0 Å². The van der Waals surface area contributed by atoms with Crippen LogP contribution in [0.1, 0.15) is 31.9 Å². The van der Waals surface area contributed by atoms with Gasteiger partial charge in [-0.25, -0.2) is 4.98 Å². The van der Waals surface area contributed by atoms with E-state index in [1.807, 2.05) is 6.92 Å². The van der Waals surface area contributed by atoms with Crippen molar-refractivity contribution < 1.29 is 19.4 Å². The van der Waals surface area contributed by atoms with E-state index < -0.39 is 5.97 Å². The molecule has 0 aliphatic rings. The fourth-order valence-electron chi connectivity index (χ4n) is 1.77. The van der Waals surface area contributed by atoms with Gasteiger partial charge in [0.1, 0.15) is 0 Å². The minimum Gasteiger partial charge on any atom is -0.481 e. The molecular weight excluding hydrogens is 262 g/mol. The van der Waals surface area contributed by atoms with Crippen molar-refractivity contribution in [2.24, 2.45) is 0 Å². The molecule has 1 atom stereocenters. The number of carboxylic acids is 1. The minimum absolute atomic E-state index is 0.00406. The van der Waals surface area contributed by atoms with Gasteiger partial charge in [-0.1, -0.05) is 0 Å². The van der Waals surface area contributed by atoms with Gasteiger partial charge in [0, 0.05) is 37.8 Å². The molecular formula is C13H21N3O4. The van der Waals surface area contributed by atoms with E-state index in [2.05, 4.69) is 15.3 Å². The summed E-state index contributed by atoms with van der Waals surface area (Å²) in [5.41, 5.74) is 0.917. The van der Waals surface area contributed by atoms with Gasteiger partial charge in [0.05, 0.1) is 19.0 Å². The van der Waals surface area contributed by atoms with Crippen molar-refractivity contribution in [3.8, 4) is 0 Å². The highest BCUT2D eigenvalue weighted by molar-refractivity contribution is 5.77. The molecule has 0 saturated heterocycles. The number of amides is 1. The number of nitrogens with zero attached hydrogens (tertiary/aromatic N) is 1. The lowest BCUT2D eigenvalue weighted by Crippen LogP contribution is -2.39. The van der Waals surface area contributed by atoms with Crippen molar-refractivity contribution in [2.75, 3.05) is 13.2 Å². The molecule has 1 aromatic rings. The molecule has 0 bridgehead atoms. The highest BCUT2D eigenvalue weighted by Gasteiger charge is 2.14. The third-order valence-electron chi connectivity index (χ3n) is 2.70. The molecule has 20 heavy (non-hydrogen) atoms. The Hall–Kier alpha value is -1.89. The molecule has 1 heterocycles. The fraction of sp³-hybridized carbons (Fsp3) is 0.615. The van der Waals surface area contributed by atoms with Crippen molar-refractivity contribution in [1.29, 1.82) is 0 Å². The summed E-state index contributed by atoms with van der Waals surface area (Å²) in [4.78, 5) is 29.0. The molecule has 0 aromatic carbocycles. The van der Waals surface area contributed by atoms with Gasteiger partial charge in [0.2, 0.25) is 5.91 Å². The molecule has 7 heteroatoms. The van der Waals surface area contributed by atoms with Crippen LogP contribution < -0.4 is 5.32 Å². The molecule has 0 aliphatic heterocycles. The van der Waals surface area contributed by atoms with E-state index in [9.17, 15) is 9.59 Å². The van der Waals surface area contributed by atoms with Crippen molar-refractivity contribution in [3.05, 3.63) is 18.2 Å². The number of H-pyrrole nitrogens is 1. The summed E-state index contributed by atoms with van der Waals surface area (Å²) >= 11 is 0. The first-order chi connectivity index (χ1) is 9.61. The van der Waals surface area contributed by atoms with E-state index in [4.69, 9.17) is 9.84 Å². The lowest BCUT2D eigenvalue weighted by atomic mass is 10.1. The number of carboxylic acid groups (broad SMARTS) is 1. The fourth-order valence-corrected chi connectivity index (χ4v) is 1.77. The maximum Gasteiger partial charge on any atom is 0.303 e. The maximum atomic E-state index is 11.7. The number of hydrogen-bond acceptors (Lipinski definition) is 4. The predicted molar refractivity (Wildman–Crippen MR) is 72.2 cm³/mol. The van der Waals surface area contributed by atoms with Crippen LogP contribution in [0.25, 0.3) is 0 Å². The second-order valence-corrected chi connectivity index (χ2v) is 4.45. The Labute approximate surface area is 117 Å². The third kappa shape index (κ3) is 6.89. The second-order valence-electron chi connectivity index (χ2n) is 4.45. The van der Waals surface area contributed by atoms with Gasteiger partial charge in [-0.2, -0.15) is 0 Å². The highest BCUT2D eigenvalue weighted by atomic mass is 16.5. The van der Waals surface area contributed by atoms with Crippen LogP contribution in [-0.2, 0) is 20.7 Å². The van der Waals surface area contributed by atoms with Crippen molar-refractivity contribution in [2.45, 2.75) is 38.6 Å². The maximum absolute atomic E-state index is 11.7. The summed E-state index contributed by atoms with van der Waals surface area (Å²) in [7, 11) is 0. The number of aromatic amines is 1. The lowest BCUT2D eigenvalue weighted by molar-refractivity contribution is -0.137. The Kier molecular flexibility index (Phi) is 7.34. The molecule has 0 radical (unpaired) electrons. The molecule has 0 fully saturated rings. The van der Waals surface area contributed by atoms with Gasteiger partial charge in [-0.05, 0) is 13.3 Å². The SMILES string of the molecule is CCOCC(Cc1cnc[nH]1)NC(=O)CCCC(=O)O. The summed E-state index contributed by atoms with van der Waals surface area (Å²) in [5.74, 6) is -1.04. The van der Waals surface area contributed by atoms with Crippen LogP contribution in [-0.4, -0.2) is 46.2 Å². The molecule has 0 aliphatic carbocycles. The Morgan fingerprint density at radius 1 is 1.50 bits per heavy atom. The van der Waals surface area contributed by atoms with Gasteiger partial charge in [-0.15, -0.1) is 0 Å². The number of aromatic nitrogens is 2. The summed E-state index contributed by atoms with van der Waals surface area (Å²) in [6.45, 7) is 2.89. The quantitative estimate of drug-likeness (QED) is 0.587. The van der Waals surface area contributed by atoms with Crippen LogP contribution in [0.4, 0.5) is 0 Å². The first-order valence-electron chi connectivity index (χ1n) is 6.68. The monoisotopic (exact) mass is 283 g/mol. The number of carbonyl (C=O) groups excluding carboxylic acids is 1. The van der Waals surface area contributed by atoms with Crippen molar-refractivity contribution in [1.82, 2.24) is 15.3 Å². The average Bonchev–Trinajstić information content (AvgIpc) is 2.88. The van der Waals surface area contributed by atoms with Gasteiger partial charge >= 0.3 is 5.97 Å². The molecule has 1 aromatic heterocycles. The second kappa shape index (κ2) is 9.08. The lowest BCUT2D eigenvalue weighted by Gasteiger charge is -2.17. The zero-order valence-electron chi connectivity index (χ0n) is 11.6. The Morgan fingerprint density at radius 3 is 2.90 bits per heavy atom. The van der Waals surface area contributed by atoms with E-state index in [1.165, 1.54) is 0 Å². The average molecular weight is 283 g/mol. The third-order valence-corrected chi connectivity index (χ3v) is 2.70. The van der Waals surface area contributed by atoms with Gasteiger partial charge in [0.25, 0.3) is 0 Å². The number of aliphatic carboxylic acids is 1. The topological polar surface area (TPSA) is 104 Å². The number of rotatable bonds is 10. The van der Waals surface area contributed by atoms with E-state index in [0.717, 1.165) is 5.69 Å².